The van der Waals surface area contributed by atoms with E-state index >= 15 is 0 Å². The van der Waals surface area contributed by atoms with Gasteiger partial charge >= 0.3 is 0 Å². The van der Waals surface area contributed by atoms with Crippen molar-refractivity contribution in [2.75, 3.05) is 13.1 Å². The zero-order valence-corrected chi connectivity index (χ0v) is 14.1. The number of hydrogen-bond acceptors (Lipinski definition) is 4. The van der Waals surface area contributed by atoms with E-state index in [1.807, 2.05) is 13.0 Å². The topological polar surface area (TPSA) is 54.4 Å². The summed E-state index contributed by atoms with van der Waals surface area (Å²) in [5.41, 5.74) is 3.46. The van der Waals surface area contributed by atoms with Crippen molar-refractivity contribution in [1.82, 2.24) is 14.6 Å². The third kappa shape index (κ3) is 2.85. The van der Waals surface area contributed by atoms with Gasteiger partial charge in [0.15, 0.2) is 0 Å². The molecule has 3 heterocycles. The number of aliphatic hydroxyl groups excluding tert-OH is 1. The average molecular weight is 325 g/mol. The first-order valence-electron chi connectivity index (χ1n) is 8.45. The molecule has 0 saturated carbocycles. The minimum Gasteiger partial charge on any atom is -0.391 e. The van der Waals surface area contributed by atoms with Gasteiger partial charge in [-0.25, -0.2) is 0 Å². The van der Waals surface area contributed by atoms with Crippen molar-refractivity contribution in [3.63, 3.8) is 0 Å². The monoisotopic (exact) mass is 325 g/mol. The summed E-state index contributed by atoms with van der Waals surface area (Å²) in [6, 6.07) is 10.6. The first-order chi connectivity index (χ1) is 11.6. The molecule has 0 bridgehead atoms. The van der Waals surface area contributed by atoms with Crippen LogP contribution in [0.3, 0.4) is 0 Å². The first kappa shape index (κ1) is 15.4. The van der Waals surface area contributed by atoms with E-state index in [4.69, 9.17) is 4.52 Å². The summed E-state index contributed by atoms with van der Waals surface area (Å²) in [6.45, 7) is 4.38. The van der Waals surface area contributed by atoms with Gasteiger partial charge in [0, 0.05) is 62.2 Å². The number of nitrogens with zero attached hydrogens (tertiary/aromatic N) is 3. The Hall–Kier alpha value is -2.11. The Morgan fingerprint density at radius 1 is 1.29 bits per heavy atom. The molecule has 24 heavy (non-hydrogen) atoms. The molecule has 2 atom stereocenters. The number of rotatable bonds is 4. The van der Waals surface area contributed by atoms with Crippen molar-refractivity contribution >= 4 is 10.9 Å². The predicted molar refractivity (Wildman–Crippen MR) is 92.6 cm³/mol. The van der Waals surface area contributed by atoms with Crippen LogP contribution in [0.15, 0.2) is 41.1 Å². The van der Waals surface area contributed by atoms with Crippen molar-refractivity contribution in [3.8, 4) is 0 Å². The zero-order valence-electron chi connectivity index (χ0n) is 14.1. The molecule has 0 spiro atoms. The molecule has 1 N–H and O–H groups in total. The second-order valence-corrected chi connectivity index (χ2v) is 6.94. The molecule has 0 radical (unpaired) electrons. The van der Waals surface area contributed by atoms with Crippen LogP contribution in [0.4, 0.5) is 0 Å². The van der Waals surface area contributed by atoms with Crippen LogP contribution in [0, 0.1) is 12.8 Å². The average Bonchev–Trinajstić information content (AvgIpc) is 3.22. The molecule has 1 aromatic carbocycles. The maximum absolute atomic E-state index is 10.4. The number of hydrogen-bond donors (Lipinski definition) is 1. The van der Waals surface area contributed by atoms with Crippen molar-refractivity contribution in [3.05, 3.63) is 53.5 Å². The lowest BCUT2D eigenvalue weighted by atomic mass is 10.0. The highest BCUT2D eigenvalue weighted by atomic mass is 16.5. The SMILES string of the molecule is Cc1cc(C[C@@H]2CN(Cc3cccc4c3ccn4C)C[C@H]2O)on1. The van der Waals surface area contributed by atoms with Crippen LogP contribution in [-0.2, 0) is 20.0 Å². The Balaban J connectivity index is 1.47. The smallest absolute Gasteiger partial charge is 0.137 e. The van der Waals surface area contributed by atoms with E-state index in [-0.39, 0.29) is 12.0 Å². The lowest BCUT2D eigenvalue weighted by Crippen LogP contribution is -2.21. The third-order valence-corrected chi connectivity index (χ3v) is 5.03. The van der Waals surface area contributed by atoms with Gasteiger partial charge in [0.1, 0.15) is 5.76 Å². The molecule has 1 aliphatic heterocycles. The highest BCUT2D eigenvalue weighted by molar-refractivity contribution is 5.83. The van der Waals surface area contributed by atoms with E-state index in [1.165, 1.54) is 16.5 Å². The number of fused-ring (bicyclic) bond motifs is 1. The standard InChI is InChI=1S/C19H23N3O2/c1-13-8-16(24-20-13)9-15-11-22(12-19(15)23)10-14-4-3-5-18-17(14)6-7-21(18)2/h3-8,15,19,23H,9-12H2,1-2H3/t15-,19-/m1/s1. The summed E-state index contributed by atoms with van der Waals surface area (Å²) in [4.78, 5) is 2.33. The minimum absolute atomic E-state index is 0.201. The van der Waals surface area contributed by atoms with Crippen molar-refractivity contribution in [2.24, 2.45) is 13.0 Å². The Morgan fingerprint density at radius 2 is 2.17 bits per heavy atom. The zero-order chi connectivity index (χ0) is 16.7. The maximum Gasteiger partial charge on any atom is 0.137 e. The van der Waals surface area contributed by atoms with E-state index in [0.29, 0.717) is 6.54 Å². The molecular weight excluding hydrogens is 302 g/mol. The van der Waals surface area contributed by atoms with Crippen LogP contribution in [0.1, 0.15) is 17.0 Å². The molecule has 5 nitrogen and oxygen atoms in total. The second kappa shape index (κ2) is 6.07. The molecule has 0 amide bonds. The largest absolute Gasteiger partial charge is 0.391 e. The summed E-state index contributed by atoms with van der Waals surface area (Å²) < 4.78 is 7.45. The Bertz CT molecular complexity index is 851. The molecule has 126 valence electrons. The van der Waals surface area contributed by atoms with Crippen LogP contribution in [0.25, 0.3) is 10.9 Å². The number of aromatic nitrogens is 2. The number of aryl methyl sites for hydroxylation is 2. The molecule has 0 aliphatic carbocycles. The predicted octanol–water partition coefficient (Wildman–Crippen LogP) is 2.51. The molecule has 5 heteroatoms. The van der Waals surface area contributed by atoms with Gasteiger partial charge in [-0.15, -0.1) is 0 Å². The highest BCUT2D eigenvalue weighted by Gasteiger charge is 2.32. The Morgan fingerprint density at radius 3 is 2.96 bits per heavy atom. The molecule has 1 fully saturated rings. The van der Waals surface area contributed by atoms with Crippen LogP contribution in [-0.4, -0.2) is 38.9 Å². The molecule has 1 saturated heterocycles. The summed E-state index contributed by atoms with van der Waals surface area (Å²) in [5.74, 6) is 1.07. The second-order valence-electron chi connectivity index (χ2n) is 6.94. The van der Waals surface area contributed by atoms with Crippen molar-refractivity contribution < 1.29 is 9.63 Å². The van der Waals surface area contributed by atoms with Crippen LogP contribution in [0.2, 0.25) is 0 Å². The fourth-order valence-electron chi connectivity index (χ4n) is 3.79. The fourth-order valence-corrected chi connectivity index (χ4v) is 3.79. The number of aliphatic hydroxyl groups is 1. The van der Waals surface area contributed by atoms with Gasteiger partial charge in [-0.2, -0.15) is 0 Å². The van der Waals surface area contributed by atoms with Gasteiger partial charge in [0.2, 0.25) is 0 Å². The van der Waals surface area contributed by atoms with E-state index in [2.05, 4.69) is 52.1 Å². The number of benzene rings is 1. The number of likely N-dealkylation sites (tertiary alicyclic amines) is 1. The third-order valence-electron chi connectivity index (χ3n) is 5.03. The summed E-state index contributed by atoms with van der Waals surface area (Å²) in [6.07, 6.45) is 2.53. The normalized spacial score (nSPS) is 21.8. The van der Waals surface area contributed by atoms with Gasteiger partial charge in [-0.05, 0) is 24.6 Å². The maximum atomic E-state index is 10.4. The quantitative estimate of drug-likeness (QED) is 0.801. The van der Waals surface area contributed by atoms with Gasteiger partial charge < -0.3 is 14.2 Å². The van der Waals surface area contributed by atoms with Crippen LogP contribution < -0.4 is 0 Å². The molecule has 0 unspecified atom stereocenters. The van der Waals surface area contributed by atoms with Gasteiger partial charge in [-0.3, -0.25) is 4.90 Å². The number of β-amino-alcohol motifs (C(OH)–C–C–N with tert-alkyl or cyclic N) is 1. The van der Waals surface area contributed by atoms with Crippen molar-refractivity contribution in [2.45, 2.75) is 26.0 Å². The molecular formula is C19H23N3O2. The molecule has 2 aromatic heterocycles. The first-order valence-corrected chi connectivity index (χ1v) is 8.45. The Kier molecular flexibility index (Phi) is 3.90. The van der Waals surface area contributed by atoms with Crippen molar-refractivity contribution in [1.29, 1.82) is 0 Å². The minimum atomic E-state index is -0.314. The summed E-state index contributed by atoms with van der Waals surface area (Å²) >= 11 is 0. The lowest BCUT2D eigenvalue weighted by Gasteiger charge is -2.16. The van der Waals surface area contributed by atoms with E-state index in [9.17, 15) is 5.11 Å². The summed E-state index contributed by atoms with van der Waals surface area (Å²) in [5, 5.41) is 15.6. The van der Waals surface area contributed by atoms with Gasteiger partial charge in [0.05, 0.1) is 11.8 Å². The van der Waals surface area contributed by atoms with Crippen LogP contribution in [0.5, 0.6) is 0 Å². The fraction of sp³-hybridized carbons (Fsp3) is 0.421. The van der Waals surface area contributed by atoms with E-state index in [1.54, 1.807) is 0 Å². The van der Waals surface area contributed by atoms with Gasteiger partial charge in [0.25, 0.3) is 0 Å². The van der Waals surface area contributed by atoms with Gasteiger partial charge in [-0.1, -0.05) is 17.3 Å². The van der Waals surface area contributed by atoms with Crippen LogP contribution >= 0.6 is 0 Å². The van der Waals surface area contributed by atoms with E-state index in [0.717, 1.165) is 31.0 Å². The molecule has 3 aromatic rings. The summed E-state index contributed by atoms with van der Waals surface area (Å²) in [7, 11) is 2.07. The van der Waals surface area contributed by atoms with E-state index < -0.39 is 0 Å². The molecule has 4 rings (SSSR count). The lowest BCUT2D eigenvalue weighted by molar-refractivity contribution is 0.137. The highest BCUT2D eigenvalue weighted by Crippen LogP contribution is 2.26. The molecule has 1 aliphatic rings. The Labute approximate surface area is 141 Å².